The second-order valence-electron chi connectivity index (χ2n) is 6.13. The van der Waals surface area contributed by atoms with Crippen LogP contribution in [-0.2, 0) is 22.9 Å². The van der Waals surface area contributed by atoms with E-state index in [9.17, 15) is 8.42 Å². The van der Waals surface area contributed by atoms with Gasteiger partial charge in [-0.05, 0) is 56.7 Å². The number of halogens is 1. The summed E-state index contributed by atoms with van der Waals surface area (Å²) in [5.41, 5.74) is 9.53. The number of nitrogens with zero attached hydrogens (tertiary/aromatic N) is 1. The molecule has 0 aliphatic heterocycles. The van der Waals surface area contributed by atoms with E-state index in [0.29, 0.717) is 0 Å². The third-order valence-electron chi connectivity index (χ3n) is 3.72. The van der Waals surface area contributed by atoms with Gasteiger partial charge in [0.05, 0.1) is 12.3 Å². The van der Waals surface area contributed by atoms with Crippen LogP contribution in [0, 0.1) is 0 Å². The van der Waals surface area contributed by atoms with E-state index in [2.05, 4.69) is 21.1 Å². The first-order valence-electron chi connectivity index (χ1n) is 8.05. The van der Waals surface area contributed by atoms with Gasteiger partial charge >= 0.3 is 0 Å². The van der Waals surface area contributed by atoms with Crippen LogP contribution in [0.3, 0.4) is 0 Å². The Bertz CT molecular complexity index is 675. The molecule has 0 atom stereocenters. The average molecular weight is 466 g/mol. The number of sulfonamides is 1. The fraction of sp³-hybridized carbons (Fsp3) is 0.562. The number of hydrogen-bond acceptors (Lipinski definition) is 3. The minimum atomic E-state index is -3.30. The first-order chi connectivity index (χ1) is 10.9. The van der Waals surface area contributed by atoms with Crippen molar-refractivity contribution in [3.8, 4) is 0 Å². The maximum absolute atomic E-state index is 11.7. The largest absolute Gasteiger partial charge is 0.370 e. The van der Waals surface area contributed by atoms with Gasteiger partial charge in [0.2, 0.25) is 10.0 Å². The van der Waals surface area contributed by atoms with Crippen molar-refractivity contribution in [2.75, 3.05) is 17.6 Å². The fourth-order valence-corrected chi connectivity index (χ4v) is 3.95. The maximum Gasteiger partial charge on any atom is 0.213 e. The molecular weight excluding hydrogens is 439 g/mol. The Morgan fingerprint density at radius 3 is 2.71 bits per heavy atom. The van der Waals surface area contributed by atoms with Crippen LogP contribution in [-0.4, -0.2) is 32.7 Å². The Morgan fingerprint density at radius 1 is 1.29 bits per heavy atom. The highest BCUT2D eigenvalue weighted by Crippen LogP contribution is 2.27. The van der Waals surface area contributed by atoms with E-state index in [4.69, 9.17) is 5.73 Å². The van der Waals surface area contributed by atoms with E-state index in [1.165, 1.54) is 24.0 Å². The summed E-state index contributed by atoms with van der Waals surface area (Å²) in [7, 11) is -3.30. The van der Waals surface area contributed by atoms with Gasteiger partial charge in [-0.3, -0.25) is 4.99 Å². The van der Waals surface area contributed by atoms with E-state index in [0.717, 1.165) is 18.5 Å². The van der Waals surface area contributed by atoms with Crippen LogP contribution in [0.4, 0.5) is 5.69 Å². The van der Waals surface area contributed by atoms with Crippen LogP contribution in [0.25, 0.3) is 0 Å². The second kappa shape index (κ2) is 9.57. The lowest BCUT2D eigenvalue weighted by molar-refractivity contribution is 0.570. The lowest BCUT2D eigenvalue weighted by Crippen LogP contribution is -2.33. The zero-order valence-corrected chi connectivity index (χ0v) is 17.4. The molecule has 0 fully saturated rings. The molecule has 0 amide bonds. The molecule has 0 radical (unpaired) electrons. The topological polar surface area (TPSA) is 96.6 Å². The van der Waals surface area contributed by atoms with Gasteiger partial charge in [-0.15, -0.1) is 24.0 Å². The van der Waals surface area contributed by atoms with Gasteiger partial charge in [-0.25, -0.2) is 13.1 Å². The predicted molar refractivity (Wildman–Crippen MR) is 111 cm³/mol. The Hall–Kier alpha value is -0.870. The minimum absolute atomic E-state index is 0. The maximum atomic E-state index is 11.7. The molecule has 1 aromatic rings. The van der Waals surface area contributed by atoms with Gasteiger partial charge < -0.3 is 11.1 Å². The monoisotopic (exact) mass is 466 g/mol. The van der Waals surface area contributed by atoms with Crippen molar-refractivity contribution in [3.63, 3.8) is 0 Å². The number of nitrogens with one attached hydrogen (secondary N) is 2. The third-order valence-corrected chi connectivity index (χ3v) is 5.27. The van der Waals surface area contributed by atoms with Crippen LogP contribution in [0.1, 0.15) is 37.8 Å². The predicted octanol–water partition coefficient (Wildman–Crippen LogP) is 2.24. The first-order valence-corrected chi connectivity index (χ1v) is 9.70. The zero-order valence-electron chi connectivity index (χ0n) is 14.2. The van der Waals surface area contributed by atoms with Crippen molar-refractivity contribution < 1.29 is 8.42 Å². The quantitative estimate of drug-likeness (QED) is 0.341. The highest BCUT2D eigenvalue weighted by atomic mass is 127. The number of anilines is 1. The number of aliphatic imine (C=N–C) groups is 1. The van der Waals surface area contributed by atoms with Crippen molar-refractivity contribution >= 4 is 45.6 Å². The molecule has 0 heterocycles. The zero-order chi connectivity index (χ0) is 16.9. The van der Waals surface area contributed by atoms with Crippen LogP contribution in [0.5, 0.6) is 0 Å². The Balaban J connectivity index is 0.00000288. The summed E-state index contributed by atoms with van der Waals surface area (Å²) in [5.74, 6) is 0.184. The van der Waals surface area contributed by atoms with Crippen LogP contribution in [0.2, 0.25) is 0 Å². The molecule has 0 saturated carbocycles. The van der Waals surface area contributed by atoms with Gasteiger partial charge in [0.15, 0.2) is 5.96 Å². The standard InChI is InChI=1S/C16H26N4O2S.HI/c1-12(2)20-23(21,22)11-10-18-16(17)19-15-9-5-7-13-6-3-4-8-14(13)15;/h5,7,9,12,20H,3-4,6,8,10-11H2,1-2H3,(H3,17,18,19);1H. The Morgan fingerprint density at radius 2 is 2.00 bits per heavy atom. The summed E-state index contributed by atoms with van der Waals surface area (Å²) in [6.45, 7) is 3.71. The summed E-state index contributed by atoms with van der Waals surface area (Å²) < 4.78 is 26.0. The third kappa shape index (κ3) is 6.56. The number of benzene rings is 1. The normalized spacial score (nSPS) is 14.9. The van der Waals surface area contributed by atoms with Crippen molar-refractivity contribution in [1.29, 1.82) is 0 Å². The number of guanidine groups is 1. The van der Waals surface area contributed by atoms with E-state index in [1.807, 2.05) is 12.1 Å². The number of rotatable bonds is 6. The van der Waals surface area contributed by atoms with Crippen LogP contribution < -0.4 is 15.8 Å². The lowest BCUT2D eigenvalue weighted by atomic mass is 9.90. The molecule has 1 aromatic carbocycles. The Labute approximate surface area is 161 Å². The molecule has 0 spiro atoms. The number of nitrogens with two attached hydrogens (primary N) is 1. The molecule has 136 valence electrons. The smallest absolute Gasteiger partial charge is 0.213 e. The summed E-state index contributed by atoms with van der Waals surface area (Å²) in [6, 6.07) is 6.03. The summed E-state index contributed by atoms with van der Waals surface area (Å²) in [5, 5.41) is 3.11. The Kier molecular flexibility index (Phi) is 8.44. The molecule has 0 bridgehead atoms. The molecule has 4 N–H and O–H groups in total. The second-order valence-corrected chi connectivity index (χ2v) is 8.01. The van der Waals surface area contributed by atoms with Gasteiger partial charge in [-0.1, -0.05) is 12.1 Å². The minimum Gasteiger partial charge on any atom is -0.370 e. The van der Waals surface area contributed by atoms with E-state index in [-0.39, 0.29) is 48.3 Å². The molecule has 0 unspecified atom stereocenters. The van der Waals surface area contributed by atoms with E-state index in [1.54, 1.807) is 13.8 Å². The average Bonchev–Trinajstić information content (AvgIpc) is 2.46. The number of hydrogen-bond donors (Lipinski definition) is 3. The highest BCUT2D eigenvalue weighted by molar-refractivity contribution is 14.0. The van der Waals surface area contributed by atoms with Gasteiger partial charge in [0.1, 0.15) is 0 Å². The van der Waals surface area contributed by atoms with Crippen molar-refractivity contribution in [2.45, 2.75) is 45.6 Å². The lowest BCUT2D eigenvalue weighted by Gasteiger charge is -2.19. The molecule has 8 heteroatoms. The molecule has 0 saturated heterocycles. The molecule has 1 aliphatic rings. The molecule has 0 aromatic heterocycles. The van der Waals surface area contributed by atoms with Gasteiger partial charge in [0, 0.05) is 11.7 Å². The molecular formula is C16H27IN4O2S. The van der Waals surface area contributed by atoms with Gasteiger partial charge in [0.25, 0.3) is 0 Å². The highest BCUT2D eigenvalue weighted by Gasteiger charge is 2.14. The molecule has 24 heavy (non-hydrogen) atoms. The fourth-order valence-electron chi connectivity index (χ4n) is 2.78. The molecule has 1 aliphatic carbocycles. The summed E-state index contributed by atoms with van der Waals surface area (Å²) >= 11 is 0. The summed E-state index contributed by atoms with van der Waals surface area (Å²) in [4.78, 5) is 4.12. The van der Waals surface area contributed by atoms with E-state index >= 15 is 0 Å². The van der Waals surface area contributed by atoms with E-state index < -0.39 is 10.0 Å². The first kappa shape index (κ1) is 21.2. The number of fused-ring (bicyclic) bond motifs is 1. The van der Waals surface area contributed by atoms with Crippen molar-refractivity contribution in [3.05, 3.63) is 29.3 Å². The SMILES string of the molecule is CC(C)NS(=O)(=O)CCN=C(N)Nc1cccc2c1CCCC2.I. The van der Waals surface area contributed by atoms with Crippen molar-refractivity contribution in [2.24, 2.45) is 10.7 Å². The molecule has 6 nitrogen and oxygen atoms in total. The van der Waals surface area contributed by atoms with Crippen LogP contribution in [0.15, 0.2) is 23.2 Å². The molecule has 2 rings (SSSR count). The van der Waals surface area contributed by atoms with Gasteiger partial charge in [-0.2, -0.15) is 0 Å². The van der Waals surface area contributed by atoms with Crippen LogP contribution >= 0.6 is 24.0 Å². The van der Waals surface area contributed by atoms with Crippen molar-refractivity contribution in [1.82, 2.24) is 4.72 Å². The number of aryl methyl sites for hydroxylation is 1. The summed E-state index contributed by atoms with van der Waals surface area (Å²) in [6.07, 6.45) is 4.54.